The smallest absolute Gasteiger partial charge is 0.410 e. The molecule has 2 heterocycles. The van der Waals surface area contributed by atoms with Crippen molar-refractivity contribution in [2.75, 3.05) is 26.2 Å². The average Bonchev–Trinajstić information content (AvgIpc) is 2.86. The van der Waals surface area contributed by atoms with Crippen molar-refractivity contribution in [2.45, 2.75) is 26.3 Å². The van der Waals surface area contributed by atoms with Gasteiger partial charge in [0.1, 0.15) is 0 Å². The monoisotopic (exact) mass is 475 g/mol. The third-order valence-electron chi connectivity index (χ3n) is 5.93. The van der Waals surface area contributed by atoms with Crippen LogP contribution in [0.3, 0.4) is 0 Å². The zero-order valence-corrected chi connectivity index (χ0v) is 20.0. The summed E-state index contributed by atoms with van der Waals surface area (Å²) in [7, 11) is 0. The van der Waals surface area contributed by atoms with E-state index in [1.54, 1.807) is 21.9 Å². The second kappa shape index (κ2) is 10.1. The maximum atomic E-state index is 13.3. The van der Waals surface area contributed by atoms with Crippen LogP contribution in [0.5, 0.6) is 0 Å². The lowest BCUT2D eigenvalue weighted by molar-refractivity contribution is 0.0412. The van der Waals surface area contributed by atoms with Crippen molar-refractivity contribution in [3.05, 3.63) is 64.7 Å². The molecule has 34 heavy (non-hydrogen) atoms. The molecule has 1 aliphatic heterocycles. The number of aromatic nitrogens is 1. The lowest BCUT2D eigenvalue weighted by Crippen LogP contribution is -2.55. The van der Waals surface area contributed by atoms with Crippen molar-refractivity contribution in [1.82, 2.24) is 14.8 Å². The molecule has 174 valence electrons. The molecule has 0 aliphatic carbocycles. The number of fused-ring (bicyclic) bond motifs is 1. The Kier molecular flexibility index (Phi) is 7.04. The van der Waals surface area contributed by atoms with Crippen LogP contribution >= 0.6 is 11.6 Å². The maximum absolute atomic E-state index is 13.3. The van der Waals surface area contributed by atoms with Gasteiger partial charge in [0, 0.05) is 47.8 Å². The Morgan fingerprint density at radius 1 is 1.18 bits per heavy atom. The van der Waals surface area contributed by atoms with Crippen molar-refractivity contribution >= 4 is 34.5 Å². The van der Waals surface area contributed by atoms with E-state index in [-0.39, 0.29) is 18.0 Å². The number of pyridine rings is 1. The summed E-state index contributed by atoms with van der Waals surface area (Å²) in [4.78, 5) is 33.7. The first kappa shape index (κ1) is 23.6. The number of benzene rings is 2. The zero-order chi connectivity index (χ0) is 24.2. The van der Waals surface area contributed by atoms with Gasteiger partial charge in [-0.2, -0.15) is 0 Å². The molecular weight excluding hydrogens is 450 g/mol. The minimum absolute atomic E-state index is 0.1000. The van der Waals surface area contributed by atoms with E-state index < -0.39 is 0 Å². The molecule has 7 heteroatoms. The lowest BCUT2D eigenvalue weighted by Gasteiger charge is -2.39. The molecule has 3 aromatic rings. The van der Waals surface area contributed by atoms with E-state index in [9.17, 15) is 9.59 Å². The summed E-state index contributed by atoms with van der Waals surface area (Å²) in [5, 5.41) is 1.34. The van der Waals surface area contributed by atoms with Gasteiger partial charge in [0.2, 0.25) is 0 Å². The summed E-state index contributed by atoms with van der Waals surface area (Å²) in [6, 6.07) is 14.6. The lowest BCUT2D eigenvalue weighted by atomic mass is 10.1. The van der Waals surface area contributed by atoms with Crippen LogP contribution in [0.4, 0.5) is 4.79 Å². The van der Waals surface area contributed by atoms with Gasteiger partial charge < -0.3 is 14.5 Å². The van der Waals surface area contributed by atoms with Crippen LogP contribution in [0, 0.1) is 12.3 Å². The molecule has 0 bridgehead atoms. The quantitative estimate of drug-likeness (QED) is 0.485. The number of hydrogen-bond acceptors (Lipinski definition) is 4. The number of hydrogen-bond donors (Lipinski definition) is 0. The van der Waals surface area contributed by atoms with Crippen LogP contribution in [0.1, 0.15) is 36.2 Å². The maximum Gasteiger partial charge on any atom is 0.410 e. The predicted molar refractivity (Wildman–Crippen MR) is 134 cm³/mol. The number of terminal acetylenes is 1. The molecule has 2 aromatic carbocycles. The third kappa shape index (κ3) is 4.85. The van der Waals surface area contributed by atoms with Crippen LogP contribution in [0.2, 0.25) is 5.02 Å². The standard InChI is InChI=1S/C27H26ClN3O3/c1-4-14-34-27(33)31-13-12-30(17-18(31)3)26(32)21-10-11-22-23(28)16-24(29-25(22)15-21)20-8-6-19(5-2)7-9-20/h2,6-11,15-16,18H,4,12-14,17H2,1,3H3/t18-/m1/s1. The molecule has 4 rings (SSSR count). The van der Waals surface area contributed by atoms with Crippen LogP contribution < -0.4 is 0 Å². The summed E-state index contributed by atoms with van der Waals surface area (Å²) < 4.78 is 5.25. The van der Waals surface area contributed by atoms with Crippen molar-refractivity contribution in [2.24, 2.45) is 0 Å². The molecule has 1 aromatic heterocycles. The van der Waals surface area contributed by atoms with Crippen molar-refractivity contribution in [1.29, 1.82) is 0 Å². The molecule has 0 unspecified atom stereocenters. The molecule has 0 saturated carbocycles. The highest BCUT2D eigenvalue weighted by molar-refractivity contribution is 6.35. The van der Waals surface area contributed by atoms with Crippen molar-refractivity contribution < 1.29 is 14.3 Å². The van der Waals surface area contributed by atoms with Gasteiger partial charge >= 0.3 is 6.09 Å². The van der Waals surface area contributed by atoms with Gasteiger partial charge in [-0.3, -0.25) is 4.79 Å². The minimum Gasteiger partial charge on any atom is -0.449 e. The average molecular weight is 476 g/mol. The Morgan fingerprint density at radius 2 is 1.94 bits per heavy atom. The first-order valence-electron chi connectivity index (χ1n) is 11.3. The van der Waals surface area contributed by atoms with E-state index in [1.807, 2.05) is 50.2 Å². The molecule has 0 radical (unpaired) electrons. The highest BCUT2D eigenvalue weighted by Crippen LogP contribution is 2.29. The fourth-order valence-corrected chi connectivity index (χ4v) is 4.34. The van der Waals surface area contributed by atoms with Gasteiger partial charge in [-0.05, 0) is 43.7 Å². The number of halogens is 1. The van der Waals surface area contributed by atoms with E-state index >= 15 is 0 Å². The number of ether oxygens (including phenoxy) is 1. The second-order valence-electron chi connectivity index (χ2n) is 8.35. The molecule has 1 saturated heterocycles. The molecule has 1 atom stereocenters. The Balaban J connectivity index is 1.55. The summed E-state index contributed by atoms with van der Waals surface area (Å²) in [6.45, 7) is 5.59. The summed E-state index contributed by atoms with van der Waals surface area (Å²) in [5.74, 6) is 2.50. The van der Waals surface area contributed by atoms with Gasteiger partial charge in [0.25, 0.3) is 5.91 Å². The van der Waals surface area contributed by atoms with Crippen LogP contribution in [-0.2, 0) is 4.74 Å². The largest absolute Gasteiger partial charge is 0.449 e. The van der Waals surface area contributed by atoms with E-state index in [2.05, 4.69) is 5.92 Å². The molecule has 0 N–H and O–H groups in total. The summed E-state index contributed by atoms with van der Waals surface area (Å²) in [6.07, 6.45) is 5.89. The van der Waals surface area contributed by atoms with Crippen LogP contribution in [0.15, 0.2) is 48.5 Å². The fourth-order valence-electron chi connectivity index (χ4n) is 4.07. The molecule has 1 aliphatic rings. The van der Waals surface area contributed by atoms with E-state index in [1.165, 1.54) is 0 Å². The van der Waals surface area contributed by atoms with Gasteiger partial charge in [0.15, 0.2) is 0 Å². The van der Waals surface area contributed by atoms with Gasteiger partial charge in [-0.15, -0.1) is 6.42 Å². The number of piperazine rings is 1. The van der Waals surface area contributed by atoms with Gasteiger partial charge in [-0.1, -0.05) is 42.6 Å². The van der Waals surface area contributed by atoms with E-state index in [0.717, 1.165) is 22.9 Å². The molecule has 1 fully saturated rings. The number of amides is 2. The molecule has 0 spiro atoms. The number of rotatable bonds is 4. The number of carbonyl (C=O) groups excluding carboxylic acids is 2. The minimum atomic E-state index is -0.325. The Labute approximate surface area is 204 Å². The SMILES string of the molecule is C#Cc1ccc(-c2cc(Cl)c3ccc(C(=O)N4CCN(C(=O)OCCC)[C@H](C)C4)cc3n2)cc1. The summed E-state index contributed by atoms with van der Waals surface area (Å²) in [5.41, 5.74) is 3.56. The summed E-state index contributed by atoms with van der Waals surface area (Å²) >= 11 is 6.54. The normalized spacial score (nSPS) is 15.8. The molecule has 2 amide bonds. The predicted octanol–water partition coefficient (Wildman–Crippen LogP) is 5.23. The van der Waals surface area contributed by atoms with Crippen molar-refractivity contribution in [3.8, 4) is 23.6 Å². The first-order chi connectivity index (χ1) is 16.4. The van der Waals surface area contributed by atoms with E-state index in [4.69, 9.17) is 27.7 Å². The number of nitrogens with zero attached hydrogens (tertiary/aromatic N) is 3. The number of carbonyl (C=O) groups is 2. The van der Waals surface area contributed by atoms with E-state index in [0.29, 0.717) is 48.0 Å². The van der Waals surface area contributed by atoms with Crippen LogP contribution in [0.25, 0.3) is 22.2 Å². The second-order valence-corrected chi connectivity index (χ2v) is 8.76. The molecule has 6 nitrogen and oxygen atoms in total. The highest BCUT2D eigenvalue weighted by atomic mass is 35.5. The highest BCUT2D eigenvalue weighted by Gasteiger charge is 2.31. The topological polar surface area (TPSA) is 62.7 Å². The zero-order valence-electron chi connectivity index (χ0n) is 19.3. The first-order valence-corrected chi connectivity index (χ1v) is 11.7. The van der Waals surface area contributed by atoms with Crippen molar-refractivity contribution in [3.63, 3.8) is 0 Å². The molecular formula is C27H26ClN3O3. The Hall–Kier alpha value is -3.56. The van der Waals surface area contributed by atoms with Crippen LogP contribution in [-0.4, -0.2) is 59.1 Å². The third-order valence-corrected chi connectivity index (χ3v) is 6.25. The Morgan fingerprint density at radius 3 is 2.62 bits per heavy atom. The van der Waals surface area contributed by atoms with Gasteiger partial charge in [0.05, 0.1) is 22.8 Å². The van der Waals surface area contributed by atoms with Gasteiger partial charge in [-0.25, -0.2) is 9.78 Å². The fraction of sp³-hybridized carbons (Fsp3) is 0.296. The Bertz CT molecular complexity index is 1270.